The number of fused-ring (bicyclic) bond motifs is 1. The fourth-order valence-corrected chi connectivity index (χ4v) is 2.42. The van der Waals surface area contributed by atoms with Crippen LogP contribution in [0.2, 0.25) is 0 Å². The maximum Gasteiger partial charge on any atom is 0.335 e. The Morgan fingerprint density at radius 1 is 1.43 bits per heavy atom. The maximum atomic E-state index is 11.9. The zero-order valence-electron chi connectivity index (χ0n) is 12.1. The number of benzene rings is 1. The lowest BCUT2D eigenvalue weighted by molar-refractivity contribution is -0.119. The molecule has 2 N–H and O–H groups in total. The number of carboxylic acids is 1. The number of amides is 1. The molecular weight excluding hydrogens is 272 g/mol. The normalized spacial score (nSPS) is 13.1. The van der Waals surface area contributed by atoms with Gasteiger partial charge in [-0.1, -0.05) is 6.07 Å². The predicted octanol–water partition coefficient (Wildman–Crippen LogP) is 0.900. The van der Waals surface area contributed by atoms with Crippen molar-refractivity contribution < 1.29 is 19.4 Å². The first-order chi connectivity index (χ1) is 10.1. The van der Waals surface area contributed by atoms with E-state index in [9.17, 15) is 9.59 Å². The topological polar surface area (TPSA) is 78.9 Å². The predicted molar refractivity (Wildman–Crippen MR) is 78.8 cm³/mol. The lowest BCUT2D eigenvalue weighted by Crippen LogP contribution is -2.37. The van der Waals surface area contributed by atoms with Gasteiger partial charge in [0.15, 0.2) is 0 Å². The minimum absolute atomic E-state index is 0.0559. The van der Waals surface area contributed by atoms with E-state index in [1.165, 1.54) is 0 Å². The molecule has 6 nitrogen and oxygen atoms in total. The summed E-state index contributed by atoms with van der Waals surface area (Å²) in [6.07, 6.45) is 1.62. The fourth-order valence-electron chi connectivity index (χ4n) is 2.42. The van der Waals surface area contributed by atoms with Crippen molar-refractivity contribution in [3.63, 3.8) is 0 Å². The number of hydrogen-bond donors (Lipinski definition) is 2. The molecule has 2 rings (SSSR count). The second-order valence-electron chi connectivity index (χ2n) is 5.02. The SMILES string of the molecule is COCCCNC(=O)CN1CCc2ccc(C(=O)O)cc21. The van der Waals surface area contributed by atoms with Gasteiger partial charge in [-0.3, -0.25) is 4.79 Å². The molecule has 0 saturated carbocycles. The molecule has 0 spiro atoms. The van der Waals surface area contributed by atoms with Gasteiger partial charge in [-0.25, -0.2) is 4.79 Å². The van der Waals surface area contributed by atoms with E-state index in [-0.39, 0.29) is 18.0 Å². The van der Waals surface area contributed by atoms with Crippen LogP contribution in [0, 0.1) is 0 Å². The zero-order valence-corrected chi connectivity index (χ0v) is 12.1. The standard InChI is InChI=1S/C15H20N2O4/c1-21-8-2-6-16-14(18)10-17-7-5-11-3-4-12(15(19)20)9-13(11)17/h3-4,9H,2,5-8,10H2,1H3,(H,16,18)(H,19,20). The van der Waals surface area contributed by atoms with Gasteiger partial charge in [0, 0.05) is 32.5 Å². The maximum absolute atomic E-state index is 11.9. The van der Waals surface area contributed by atoms with Crippen LogP contribution in [0.4, 0.5) is 5.69 Å². The van der Waals surface area contributed by atoms with Crippen LogP contribution in [0.1, 0.15) is 22.3 Å². The number of carbonyl (C=O) groups excluding carboxylic acids is 1. The molecule has 0 radical (unpaired) electrons. The molecule has 1 aromatic carbocycles. The van der Waals surface area contributed by atoms with Crippen molar-refractivity contribution in [3.8, 4) is 0 Å². The second-order valence-corrected chi connectivity index (χ2v) is 5.02. The van der Waals surface area contributed by atoms with Crippen LogP contribution in [-0.4, -0.2) is 50.3 Å². The van der Waals surface area contributed by atoms with Gasteiger partial charge >= 0.3 is 5.97 Å². The number of carbonyl (C=O) groups is 2. The number of rotatable bonds is 7. The minimum atomic E-state index is -0.950. The third-order valence-electron chi connectivity index (χ3n) is 3.51. The van der Waals surface area contributed by atoms with Gasteiger partial charge in [-0.2, -0.15) is 0 Å². The van der Waals surface area contributed by atoms with Gasteiger partial charge < -0.3 is 20.1 Å². The summed E-state index contributed by atoms with van der Waals surface area (Å²) >= 11 is 0. The molecule has 1 heterocycles. The van der Waals surface area contributed by atoms with Crippen molar-refractivity contribution in [2.45, 2.75) is 12.8 Å². The van der Waals surface area contributed by atoms with E-state index in [4.69, 9.17) is 9.84 Å². The Bertz CT molecular complexity index is 530. The smallest absolute Gasteiger partial charge is 0.335 e. The van der Waals surface area contributed by atoms with Crippen molar-refractivity contribution in [2.24, 2.45) is 0 Å². The Hall–Kier alpha value is -2.08. The van der Waals surface area contributed by atoms with Gasteiger partial charge in [0.1, 0.15) is 0 Å². The van der Waals surface area contributed by atoms with Crippen LogP contribution in [0.25, 0.3) is 0 Å². The highest BCUT2D eigenvalue weighted by Crippen LogP contribution is 2.28. The van der Waals surface area contributed by atoms with Gasteiger partial charge in [-0.15, -0.1) is 0 Å². The highest BCUT2D eigenvalue weighted by Gasteiger charge is 2.22. The summed E-state index contributed by atoms with van der Waals surface area (Å²) in [7, 11) is 1.63. The lowest BCUT2D eigenvalue weighted by Gasteiger charge is -2.19. The lowest BCUT2D eigenvalue weighted by atomic mass is 10.1. The Morgan fingerprint density at radius 3 is 2.95 bits per heavy atom. The summed E-state index contributed by atoms with van der Waals surface area (Å²) in [4.78, 5) is 24.8. The molecule has 0 fully saturated rings. The number of anilines is 1. The Morgan fingerprint density at radius 2 is 2.24 bits per heavy atom. The molecule has 0 aromatic heterocycles. The van der Waals surface area contributed by atoms with Crippen LogP contribution >= 0.6 is 0 Å². The van der Waals surface area contributed by atoms with E-state index >= 15 is 0 Å². The highest BCUT2D eigenvalue weighted by atomic mass is 16.5. The van der Waals surface area contributed by atoms with E-state index < -0.39 is 5.97 Å². The van der Waals surface area contributed by atoms with Crippen molar-refractivity contribution in [1.29, 1.82) is 0 Å². The number of methoxy groups -OCH3 is 1. The molecule has 6 heteroatoms. The van der Waals surface area contributed by atoms with Crippen LogP contribution in [0.3, 0.4) is 0 Å². The monoisotopic (exact) mass is 292 g/mol. The molecular formula is C15H20N2O4. The van der Waals surface area contributed by atoms with Crippen molar-refractivity contribution >= 4 is 17.6 Å². The fraction of sp³-hybridized carbons (Fsp3) is 0.467. The summed E-state index contributed by atoms with van der Waals surface area (Å²) < 4.78 is 4.92. The average Bonchev–Trinajstić information content (AvgIpc) is 2.86. The van der Waals surface area contributed by atoms with Crippen molar-refractivity contribution in [2.75, 3.05) is 38.3 Å². The summed E-state index contributed by atoms with van der Waals surface area (Å²) in [5.74, 6) is -1.01. The van der Waals surface area contributed by atoms with Crippen LogP contribution in [-0.2, 0) is 16.0 Å². The molecule has 21 heavy (non-hydrogen) atoms. The molecule has 0 saturated heterocycles. The number of aromatic carboxylic acids is 1. The summed E-state index contributed by atoms with van der Waals surface area (Å²) in [6, 6.07) is 5.08. The molecule has 0 aliphatic carbocycles. The summed E-state index contributed by atoms with van der Waals surface area (Å²) in [5.41, 5.74) is 2.19. The van der Waals surface area contributed by atoms with E-state index in [1.54, 1.807) is 19.2 Å². The number of nitrogens with zero attached hydrogens (tertiary/aromatic N) is 1. The Balaban J connectivity index is 1.94. The first kappa shape index (κ1) is 15.3. The molecule has 1 amide bonds. The molecule has 1 aromatic rings. The van der Waals surface area contributed by atoms with Crippen LogP contribution in [0.5, 0.6) is 0 Å². The third-order valence-corrected chi connectivity index (χ3v) is 3.51. The summed E-state index contributed by atoms with van der Waals surface area (Å²) in [5, 5.41) is 11.9. The van der Waals surface area contributed by atoms with Gasteiger partial charge in [-0.05, 0) is 30.5 Å². The number of nitrogens with one attached hydrogen (secondary N) is 1. The summed E-state index contributed by atoms with van der Waals surface area (Å²) in [6.45, 7) is 2.20. The zero-order chi connectivity index (χ0) is 15.2. The second kappa shape index (κ2) is 7.08. The van der Waals surface area contributed by atoms with E-state index in [0.717, 1.165) is 30.6 Å². The number of ether oxygens (including phenoxy) is 1. The molecule has 1 aliphatic heterocycles. The Labute approximate surface area is 123 Å². The highest BCUT2D eigenvalue weighted by molar-refractivity contribution is 5.90. The number of hydrogen-bond acceptors (Lipinski definition) is 4. The number of carboxylic acid groups (broad SMARTS) is 1. The van der Waals surface area contributed by atoms with Crippen molar-refractivity contribution in [3.05, 3.63) is 29.3 Å². The largest absolute Gasteiger partial charge is 0.478 e. The molecule has 0 unspecified atom stereocenters. The Kier molecular flexibility index (Phi) is 5.16. The molecule has 0 atom stereocenters. The third kappa shape index (κ3) is 3.95. The van der Waals surface area contributed by atoms with Crippen molar-refractivity contribution in [1.82, 2.24) is 5.32 Å². The van der Waals surface area contributed by atoms with Crippen LogP contribution in [0.15, 0.2) is 18.2 Å². The van der Waals surface area contributed by atoms with Crippen LogP contribution < -0.4 is 10.2 Å². The minimum Gasteiger partial charge on any atom is -0.478 e. The molecule has 1 aliphatic rings. The quantitative estimate of drug-likeness (QED) is 0.730. The van der Waals surface area contributed by atoms with E-state index in [1.807, 2.05) is 11.0 Å². The molecule has 114 valence electrons. The van der Waals surface area contributed by atoms with E-state index in [2.05, 4.69) is 5.32 Å². The van der Waals surface area contributed by atoms with Gasteiger partial charge in [0.25, 0.3) is 0 Å². The first-order valence-corrected chi connectivity index (χ1v) is 6.98. The van der Waals surface area contributed by atoms with E-state index in [0.29, 0.717) is 13.2 Å². The molecule has 0 bridgehead atoms. The average molecular weight is 292 g/mol. The van der Waals surface area contributed by atoms with Gasteiger partial charge in [0.05, 0.1) is 12.1 Å². The first-order valence-electron chi connectivity index (χ1n) is 6.98. The van der Waals surface area contributed by atoms with Gasteiger partial charge in [0.2, 0.25) is 5.91 Å².